The first-order valence-corrected chi connectivity index (χ1v) is 9.29. The molecule has 1 atom stereocenters. The van der Waals surface area contributed by atoms with E-state index in [9.17, 15) is 12.8 Å². The van der Waals surface area contributed by atoms with Crippen LogP contribution in [0, 0.1) is 11.2 Å². The Labute approximate surface area is 142 Å². The van der Waals surface area contributed by atoms with Crippen LogP contribution in [0.5, 0.6) is 5.75 Å². The lowest BCUT2D eigenvalue weighted by atomic mass is 9.81. The van der Waals surface area contributed by atoms with Crippen LogP contribution in [0.3, 0.4) is 0 Å². The number of ether oxygens (including phenoxy) is 2. The lowest BCUT2D eigenvalue weighted by molar-refractivity contribution is 0.143. The second-order valence-corrected chi connectivity index (χ2v) is 8.56. The van der Waals surface area contributed by atoms with Gasteiger partial charge in [-0.05, 0) is 30.0 Å². The maximum absolute atomic E-state index is 13.7. The van der Waals surface area contributed by atoms with Gasteiger partial charge in [0.15, 0.2) is 0 Å². The van der Waals surface area contributed by atoms with Crippen molar-refractivity contribution in [3.8, 4) is 5.75 Å². The Bertz CT molecular complexity index is 679. The van der Waals surface area contributed by atoms with Gasteiger partial charge >= 0.3 is 0 Å². The number of benzene rings is 1. The van der Waals surface area contributed by atoms with Crippen molar-refractivity contribution >= 4 is 10.0 Å². The van der Waals surface area contributed by atoms with Crippen LogP contribution in [0.1, 0.15) is 20.3 Å². The first-order chi connectivity index (χ1) is 11.2. The standard InChI is InChI=1S/C16H25FN2O4S/c1-16(2)11-19(7-6-15(16)18)24(20,21)14-10-12(17)4-5-13(14)23-9-8-22-3/h4-5,10,15H,6-9,11,18H2,1-3H3. The number of sulfonamides is 1. The van der Waals surface area contributed by atoms with Crippen LogP contribution in [-0.4, -0.2) is 52.2 Å². The van der Waals surface area contributed by atoms with Crippen molar-refractivity contribution in [2.24, 2.45) is 11.1 Å². The monoisotopic (exact) mass is 360 g/mol. The highest BCUT2D eigenvalue weighted by atomic mass is 32.2. The molecule has 1 heterocycles. The molecule has 24 heavy (non-hydrogen) atoms. The fourth-order valence-corrected chi connectivity index (χ4v) is 4.48. The minimum atomic E-state index is -3.87. The molecule has 6 nitrogen and oxygen atoms in total. The molecule has 1 unspecified atom stereocenters. The molecule has 136 valence electrons. The van der Waals surface area contributed by atoms with Crippen molar-refractivity contribution < 1.29 is 22.3 Å². The Morgan fingerprint density at radius 3 is 2.71 bits per heavy atom. The number of nitrogens with two attached hydrogens (primary N) is 1. The molecule has 2 rings (SSSR count). The summed E-state index contributed by atoms with van der Waals surface area (Å²) in [6.45, 7) is 4.94. The van der Waals surface area contributed by atoms with E-state index in [4.69, 9.17) is 15.2 Å². The third-order valence-corrected chi connectivity index (χ3v) is 6.21. The zero-order valence-corrected chi connectivity index (χ0v) is 15.1. The van der Waals surface area contributed by atoms with Crippen LogP contribution in [0.2, 0.25) is 0 Å². The quantitative estimate of drug-likeness (QED) is 0.779. The second-order valence-electron chi connectivity index (χ2n) is 6.65. The van der Waals surface area contributed by atoms with Crippen molar-refractivity contribution in [2.45, 2.75) is 31.2 Å². The van der Waals surface area contributed by atoms with Gasteiger partial charge in [0.05, 0.1) is 6.61 Å². The SMILES string of the molecule is COCCOc1ccc(F)cc1S(=O)(=O)N1CCC(N)C(C)(C)C1. The number of halogens is 1. The molecule has 1 aromatic rings. The Morgan fingerprint density at radius 2 is 2.08 bits per heavy atom. The Morgan fingerprint density at radius 1 is 1.38 bits per heavy atom. The Kier molecular flexibility index (Phi) is 5.85. The molecular formula is C16H25FN2O4S. The second kappa shape index (κ2) is 7.35. The molecule has 2 N–H and O–H groups in total. The van der Waals surface area contributed by atoms with Gasteiger partial charge in [-0.25, -0.2) is 12.8 Å². The maximum atomic E-state index is 13.7. The minimum absolute atomic E-state index is 0.0751. The largest absolute Gasteiger partial charge is 0.490 e. The summed E-state index contributed by atoms with van der Waals surface area (Å²) in [5, 5.41) is 0. The summed E-state index contributed by atoms with van der Waals surface area (Å²) in [7, 11) is -2.36. The molecule has 0 bridgehead atoms. The highest BCUT2D eigenvalue weighted by Gasteiger charge is 2.39. The van der Waals surface area contributed by atoms with E-state index >= 15 is 0 Å². The van der Waals surface area contributed by atoms with Gasteiger partial charge in [-0.1, -0.05) is 13.8 Å². The third kappa shape index (κ3) is 4.05. The summed E-state index contributed by atoms with van der Waals surface area (Å²) >= 11 is 0. The minimum Gasteiger partial charge on any atom is -0.490 e. The molecule has 1 aromatic carbocycles. The number of methoxy groups -OCH3 is 1. The zero-order chi connectivity index (χ0) is 18.0. The number of rotatable bonds is 6. The summed E-state index contributed by atoms with van der Waals surface area (Å²) in [5.74, 6) is -0.498. The van der Waals surface area contributed by atoms with Crippen LogP contribution < -0.4 is 10.5 Å². The van der Waals surface area contributed by atoms with Gasteiger partial charge in [-0.3, -0.25) is 0 Å². The number of hydrogen-bond donors (Lipinski definition) is 1. The fourth-order valence-electron chi connectivity index (χ4n) is 2.71. The molecule has 0 spiro atoms. The lowest BCUT2D eigenvalue weighted by Gasteiger charge is -2.41. The molecule has 0 aromatic heterocycles. The van der Waals surface area contributed by atoms with Crippen LogP contribution in [-0.2, 0) is 14.8 Å². The van der Waals surface area contributed by atoms with Gasteiger partial charge in [0.2, 0.25) is 10.0 Å². The smallest absolute Gasteiger partial charge is 0.246 e. The van der Waals surface area contributed by atoms with Crippen LogP contribution in [0.4, 0.5) is 4.39 Å². The first kappa shape index (κ1) is 19.1. The van der Waals surface area contributed by atoms with Crippen molar-refractivity contribution in [3.63, 3.8) is 0 Å². The lowest BCUT2D eigenvalue weighted by Crippen LogP contribution is -2.53. The highest BCUT2D eigenvalue weighted by molar-refractivity contribution is 7.89. The van der Waals surface area contributed by atoms with Crippen molar-refractivity contribution in [2.75, 3.05) is 33.4 Å². The zero-order valence-electron chi connectivity index (χ0n) is 14.3. The van der Waals surface area contributed by atoms with E-state index in [1.54, 1.807) is 0 Å². The van der Waals surface area contributed by atoms with E-state index in [0.29, 0.717) is 19.6 Å². The summed E-state index contributed by atoms with van der Waals surface area (Å²) in [5.41, 5.74) is 5.72. The molecule has 1 aliphatic heterocycles. The van der Waals surface area contributed by atoms with E-state index in [0.717, 1.165) is 6.07 Å². The number of hydrogen-bond acceptors (Lipinski definition) is 5. The number of piperidine rings is 1. The molecule has 0 aliphatic carbocycles. The van der Waals surface area contributed by atoms with Gasteiger partial charge in [0, 0.05) is 26.2 Å². The van der Waals surface area contributed by atoms with E-state index in [1.165, 1.54) is 23.5 Å². The van der Waals surface area contributed by atoms with Gasteiger partial charge < -0.3 is 15.2 Å². The fraction of sp³-hybridized carbons (Fsp3) is 0.625. The topological polar surface area (TPSA) is 81.9 Å². The average molecular weight is 360 g/mol. The molecule has 0 radical (unpaired) electrons. The molecule has 8 heteroatoms. The predicted octanol–water partition coefficient (Wildman–Crippen LogP) is 1.60. The van der Waals surface area contributed by atoms with Gasteiger partial charge in [-0.2, -0.15) is 4.31 Å². The van der Waals surface area contributed by atoms with Gasteiger partial charge in [0.1, 0.15) is 23.1 Å². The summed E-state index contributed by atoms with van der Waals surface area (Å²) in [4.78, 5) is -0.162. The van der Waals surface area contributed by atoms with E-state index in [2.05, 4.69) is 0 Å². The van der Waals surface area contributed by atoms with Crippen molar-refractivity contribution in [1.29, 1.82) is 0 Å². The molecule has 1 saturated heterocycles. The summed E-state index contributed by atoms with van der Waals surface area (Å²) in [6, 6.07) is 3.43. The van der Waals surface area contributed by atoms with Crippen molar-refractivity contribution in [3.05, 3.63) is 24.0 Å². The van der Waals surface area contributed by atoms with Crippen LogP contribution >= 0.6 is 0 Å². The van der Waals surface area contributed by atoms with E-state index < -0.39 is 15.8 Å². The number of nitrogens with zero attached hydrogens (tertiary/aromatic N) is 1. The van der Waals surface area contributed by atoms with Crippen molar-refractivity contribution in [1.82, 2.24) is 4.31 Å². The molecule has 1 fully saturated rings. The maximum Gasteiger partial charge on any atom is 0.246 e. The normalized spacial score (nSPS) is 21.6. The molecule has 0 amide bonds. The van der Waals surface area contributed by atoms with Gasteiger partial charge in [0.25, 0.3) is 0 Å². The third-order valence-electron chi connectivity index (χ3n) is 4.35. The average Bonchev–Trinajstić information content (AvgIpc) is 2.51. The highest BCUT2D eigenvalue weighted by Crippen LogP contribution is 2.34. The van der Waals surface area contributed by atoms with E-state index in [-0.39, 0.29) is 35.3 Å². The van der Waals surface area contributed by atoms with Crippen LogP contribution in [0.15, 0.2) is 23.1 Å². The predicted molar refractivity (Wildman–Crippen MR) is 88.9 cm³/mol. The Hall–Kier alpha value is -1.22. The van der Waals surface area contributed by atoms with Crippen LogP contribution in [0.25, 0.3) is 0 Å². The molecule has 0 saturated carbocycles. The summed E-state index contributed by atoms with van der Waals surface area (Å²) in [6.07, 6.45) is 0.557. The van der Waals surface area contributed by atoms with E-state index in [1.807, 2.05) is 13.8 Å². The molecule has 1 aliphatic rings. The molecular weight excluding hydrogens is 335 g/mol. The van der Waals surface area contributed by atoms with Gasteiger partial charge in [-0.15, -0.1) is 0 Å². The first-order valence-electron chi connectivity index (χ1n) is 7.85. The summed E-state index contributed by atoms with van der Waals surface area (Å²) < 4.78 is 51.4. The Balaban J connectivity index is 2.33.